The Kier molecular flexibility index (Phi) is 4.41. The molecule has 0 bridgehead atoms. The number of halogens is 2. The molecule has 0 radical (unpaired) electrons. The van der Waals surface area contributed by atoms with Gasteiger partial charge in [-0.15, -0.1) is 12.6 Å². The zero-order chi connectivity index (χ0) is 9.73. The lowest BCUT2D eigenvalue weighted by molar-refractivity contribution is -0.0706. The lowest BCUT2D eigenvalue weighted by atomic mass is 10.1. The monoisotopic (exact) mass is 212 g/mol. The third-order valence-corrected chi connectivity index (χ3v) is 1.98. The second kappa shape index (κ2) is 5.12. The van der Waals surface area contributed by atoms with Crippen LogP contribution >= 0.6 is 12.6 Å². The minimum Gasteiger partial charge on any atom is -0.376 e. The molecule has 0 aromatic rings. The molecule has 1 atom stereocenters. The van der Waals surface area contributed by atoms with E-state index in [4.69, 9.17) is 9.47 Å². The van der Waals surface area contributed by atoms with E-state index in [0.29, 0.717) is 6.61 Å². The van der Waals surface area contributed by atoms with Crippen LogP contribution in [0.25, 0.3) is 0 Å². The number of hydrogen-bond donors (Lipinski definition) is 1. The van der Waals surface area contributed by atoms with Gasteiger partial charge in [-0.1, -0.05) is 0 Å². The fourth-order valence-electron chi connectivity index (χ4n) is 1.25. The first-order valence-electron chi connectivity index (χ1n) is 4.37. The van der Waals surface area contributed by atoms with Gasteiger partial charge >= 0.3 is 5.25 Å². The van der Waals surface area contributed by atoms with Crippen LogP contribution in [0.15, 0.2) is 0 Å². The Balaban J connectivity index is 2.04. The maximum Gasteiger partial charge on any atom is 0.314 e. The molecule has 0 aliphatic carbocycles. The van der Waals surface area contributed by atoms with Crippen LogP contribution in [0.2, 0.25) is 0 Å². The van der Waals surface area contributed by atoms with E-state index < -0.39 is 11.9 Å². The molecule has 78 valence electrons. The van der Waals surface area contributed by atoms with Gasteiger partial charge < -0.3 is 9.47 Å². The summed E-state index contributed by atoms with van der Waals surface area (Å²) in [5.41, 5.74) is 0. The van der Waals surface area contributed by atoms with Crippen LogP contribution in [-0.2, 0) is 9.47 Å². The standard InChI is InChI=1S/C8H14F2O2S/c9-8(10,13)6-11-5-7-3-1-2-4-12-7/h7,13H,1-6H2. The van der Waals surface area contributed by atoms with Gasteiger partial charge in [-0.3, -0.25) is 0 Å². The molecule has 1 saturated heterocycles. The van der Waals surface area contributed by atoms with Gasteiger partial charge in [0.2, 0.25) is 0 Å². The smallest absolute Gasteiger partial charge is 0.314 e. The summed E-state index contributed by atoms with van der Waals surface area (Å²) >= 11 is 3.05. The summed E-state index contributed by atoms with van der Waals surface area (Å²) in [6.07, 6.45) is 3.03. The minimum atomic E-state index is -3.03. The average molecular weight is 212 g/mol. The highest BCUT2D eigenvalue weighted by atomic mass is 32.1. The topological polar surface area (TPSA) is 18.5 Å². The van der Waals surface area contributed by atoms with Gasteiger partial charge in [-0.05, 0) is 19.3 Å². The summed E-state index contributed by atoms with van der Waals surface area (Å²) in [6, 6.07) is 0. The molecule has 1 rings (SSSR count). The largest absolute Gasteiger partial charge is 0.376 e. The number of rotatable bonds is 4. The van der Waals surface area contributed by atoms with E-state index in [1.807, 2.05) is 0 Å². The van der Waals surface area contributed by atoms with Gasteiger partial charge in [0, 0.05) is 6.61 Å². The van der Waals surface area contributed by atoms with Crippen LogP contribution < -0.4 is 0 Å². The molecule has 1 unspecified atom stereocenters. The Bertz CT molecular complexity index is 144. The lowest BCUT2D eigenvalue weighted by Gasteiger charge is -2.22. The van der Waals surface area contributed by atoms with Crippen LogP contribution in [0.4, 0.5) is 8.78 Å². The molecule has 0 amide bonds. The first-order chi connectivity index (χ1) is 6.08. The molecule has 0 aromatic carbocycles. The van der Waals surface area contributed by atoms with E-state index in [2.05, 4.69) is 12.6 Å². The van der Waals surface area contributed by atoms with Crippen LogP contribution in [0.1, 0.15) is 19.3 Å². The zero-order valence-corrected chi connectivity index (χ0v) is 8.23. The van der Waals surface area contributed by atoms with Gasteiger partial charge in [0.25, 0.3) is 0 Å². The van der Waals surface area contributed by atoms with Crippen molar-refractivity contribution < 1.29 is 18.3 Å². The number of hydrogen-bond acceptors (Lipinski definition) is 3. The minimum absolute atomic E-state index is 0.00978. The molecule has 0 aromatic heterocycles. The molecule has 5 heteroatoms. The average Bonchev–Trinajstić information content (AvgIpc) is 2.04. The number of alkyl halides is 2. The lowest BCUT2D eigenvalue weighted by Crippen LogP contribution is -2.27. The second-order valence-electron chi connectivity index (χ2n) is 3.17. The maximum atomic E-state index is 12.2. The molecule has 1 aliphatic heterocycles. The number of ether oxygens (including phenoxy) is 2. The van der Waals surface area contributed by atoms with Crippen molar-refractivity contribution >= 4 is 12.6 Å². The van der Waals surface area contributed by atoms with E-state index >= 15 is 0 Å². The van der Waals surface area contributed by atoms with Gasteiger partial charge in [0.05, 0.1) is 12.7 Å². The van der Waals surface area contributed by atoms with Crippen molar-refractivity contribution in [2.45, 2.75) is 30.6 Å². The predicted octanol–water partition coefficient (Wildman–Crippen LogP) is 2.09. The SMILES string of the molecule is FC(F)(S)COCC1CCCCO1. The van der Waals surface area contributed by atoms with Crippen molar-refractivity contribution in [3.8, 4) is 0 Å². The molecule has 2 nitrogen and oxygen atoms in total. The van der Waals surface area contributed by atoms with E-state index in [0.717, 1.165) is 19.3 Å². The third-order valence-electron chi connectivity index (χ3n) is 1.85. The van der Waals surface area contributed by atoms with Crippen LogP contribution in [0.3, 0.4) is 0 Å². The van der Waals surface area contributed by atoms with E-state index in [9.17, 15) is 8.78 Å². The van der Waals surface area contributed by atoms with E-state index in [-0.39, 0.29) is 12.7 Å². The molecule has 1 fully saturated rings. The first-order valence-corrected chi connectivity index (χ1v) is 4.82. The Hall–Kier alpha value is 0.130. The molecule has 0 saturated carbocycles. The van der Waals surface area contributed by atoms with Gasteiger partial charge in [-0.2, -0.15) is 8.78 Å². The predicted molar refractivity (Wildman–Crippen MR) is 48.3 cm³/mol. The molecular formula is C8H14F2O2S. The fraction of sp³-hybridized carbons (Fsp3) is 1.00. The Morgan fingerprint density at radius 2 is 2.23 bits per heavy atom. The zero-order valence-electron chi connectivity index (χ0n) is 7.34. The maximum absolute atomic E-state index is 12.2. The van der Waals surface area contributed by atoms with E-state index in [1.165, 1.54) is 0 Å². The van der Waals surface area contributed by atoms with E-state index in [1.54, 1.807) is 0 Å². The first kappa shape index (κ1) is 11.2. The quantitative estimate of drug-likeness (QED) is 0.719. The summed E-state index contributed by atoms with van der Waals surface area (Å²) < 4.78 is 34.4. The summed E-state index contributed by atoms with van der Waals surface area (Å²) in [5.74, 6) is 0. The normalized spacial score (nSPS) is 24.7. The summed E-state index contributed by atoms with van der Waals surface area (Å²) in [5, 5.41) is -3.03. The van der Waals surface area contributed by atoms with Gasteiger partial charge in [0.1, 0.15) is 6.61 Å². The third kappa shape index (κ3) is 5.44. The number of thiol groups is 1. The van der Waals surface area contributed by atoms with Gasteiger partial charge in [0.15, 0.2) is 0 Å². The van der Waals surface area contributed by atoms with Crippen molar-refractivity contribution in [3.05, 3.63) is 0 Å². The highest BCUT2D eigenvalue weighted by Gasteiger charge is 2.23. The Labute approximate surface area is 82.0 Å². The Morgan fingerprint density at radius 1 is 1.46 bits per heavy atom. The molecule has 1 heterocycles. The molecular weight excluding hydrogens is 198 g/mol. The highest BCUT2D eigenvalue weighted by molar-refractivity contribution is 7.81. The van der Waals surface area contributed by atoms with Crippen molar-refractivity contribution in [3.63, 3.8) is 0 Å². The molecule has 0 spiro atoms. The molecule has 13 heavy (non-hydrogen) atoms. The van der Waals surface area contributed by atoms with Crippen molar-refractivity contribution in [2.24, 2.45) is 0 Å². The van der Waals surface area contributed by atoms with Crippen molar-refractivity contribution in [2.75, 3.05) is 19.8 Å². The van der Waals surface area contributed by atoms with Crippen molar-refractivity contribution in [1.29, 1.82) is 0 Å². The second-order valence-corrected chi connectivity index (χ2v) is 3.82. The molecule has 1 aliphatic rings. The van der Waals surface area contributed by atoms with Crippen LogP contribution in [0.5, 0.6) is 0 Å². The van der Waals surface area contributed by atoms with Crippen molar-refractivity contribution in [1.82, 2.24) is 0 Å². The summed E-state index contributed by atoms with van der Waals surface area (Å²) in [6.45, 7) is 0.317. The molecule has 0 N–H and O–H groups in total. The Morgan fingerprint density at radius 3 is 2.77 bits per heavy atom. The highest BCUT2D eigenvalue weighted by Crippen LogP contribution is 2.19. The fourth-order valence-corrected chi connectivity index (χ4v) is 1.34. The van der Waals surface area contributed by atoms with Crippen LogP contribution in [0, 0.1) is 0 Å². The van der Waals surface area contributed by atoms with Crippen LogP contribution in [-0.4, -0.2) is 31.2 Å². The summed E-state index contributed by atoms with van der Waals surface area (Å²) in [4.78, 5) is 0. The summed E-state index contributed by atoms with van der Waals surface area (Å²) in [7, 11) is 0. The van der Waals surface area contributed by atoms with Gasteiger partial charge in [-0.25, -0.2) is 0 Å².